The lowest BCUT2D eigenvalue weighted by Gasteiger charge is -2.36. The van der Waals surface area contributed by atoms with Gasteiger partial charge in [-0.15, -0.1) is 13.2 Å². The monoisotopic (exact) mass is 341 g/mol. The highest BCUT2D eigenvalue weighted by Gasteiger charge is 2.45. The largest absolute Gasteiger partial charge is 0.347 e. The number of nitrogens with zero attached hydrogens (tertiary/aromatic N) is 1. The van der Waals surface area contributed by atoms with Crippen molar-refractivity contribution < 1.29 is 9.47 Å². The van der Waals surface area contributed by atoms with Gasteiger partial charge in [-0.3, -0.25) is 4.90 Å². The van der Waals surface area contributed by atoms with Gasteiger partial charge in [-0.05, 0) is 24.8 Å². The molecule has 0 bridgehead atoms. The third kappa shape index (κ3) is 4.60. The van der Waals surface area contributed by atoms with Gasteiger partial charge < -0.3 is 9.47 Å². The molecule has 25 heavy (non-hydrogen) atoms. The zero-order valence-electron chi connectivity index (χ0n) is 15.2. The molecule has 0 aromatic heterocycles. The van der Waals surface area contributed by atoms with Gasteiger partial charge in [0.2, 0.25) is 0 Å². The Balaban J connectivity index is 1.73. The maximum Gasteiger partial charge on any atom is 0.168 e. The molecule has 2 atom stereocenters. The van der Waals surface area contributed by atoms with E-state index >= 15 is 0 Å². The maximum absolute atomic E-state index is 6.52. The summed E-state index contributed by atoms with van der Waals surface area (Å²) >= 11 is 0. The maximum atomic E-state index is 6.52. The summed E-state index contributed by atoms with van der Waals surface area (Å²) in [6.07, 6.45) is 10.7. The first kappa shape index (κ1) is 18.4. The molecule has 0 unspecified atom stereocenters. The molecule has 2 fully saturated rings. The van der Waals surface area contributed by atoms with Crippen molar-refractivity contribution >= 4 is 0 Å². The third-order valence-electron chi connectivity index (χ3n) is 5.39. The van der Waals surface area contributed by atoms with Crippen LogP contribution in [0.15, 0.2) is 55.6 Å². The summed E-state index contributed by atoms with van der Waals surface area (Å²) in [6, 6.07) is 10.9. The molecule has 1 aromatic rings. The fourth-order valence-electron chi connectivity index (χ4n) is 4.13. The highest BCUT2D eigenvalue weighted by atomic mass is 16.7. The molecule has 1 aliphatic heterocycles. The molecule has 136 valence electrons. The Morgan fingerprint density at radius 3 is 2.56 bits per heavy atom. The zero-order chi connectivity index (χ0) is 17.5. The molecule has 1 aromatic carbocycles. The molecule has 0 N–H and O–H groups in total. The van der Waals surface area contributed by atoms with E-state index in [-0.39, 0.29) is 17.9 Å². The quantitative estimate of drug-likeness (QED) is 0.640. The van der Waals surface area contributed by atoms with Crippen LogP contribution in [0.2, 0.25) is 0 Å². The fourth-order valence-corrected chi connectivity index (χ4v) is 4.13. The van der Waals surface area contributed by atoms with Crippen molar-refractivity contribution in [2.75, 3.05) is 13.2 Å². The van der Waals surface area contributed by atoms with Gasteiger partial charge in [-0.2, -0.15) is 0 Å². The number of rotatable bonds is 8. The van der Waals surface area contributed by atoms with Crippen LogP contribution in [-0.2, 0) is 16.0 Å². The molecule has 1 spiro atoms. The first-order valence-corrected chi connectivity index (χ1v) is 9.58. The molecule has 3 nitrogen and oxygen atoms in total. The molecule has 2 aliphatic rings. The van der Waals surface area contributed by atoms with Crippen molar-refractivity contribution in [3.63, 3.8) is 0 Å². The van der Waals surface area contributed by atoms with Gasteiger partial charge in [0.15, 0.2) is 5.79 Å². The van der Waals surface area contributed by atoms with E-state index in [0.29, 0.717) is 6.61 Å². The van der Waals surface area contributed by atoms with E-state index in [4.69, 9.17) is 9.47 Å². The summed E-state index contributed by atoms with van der Waals surface area (Å²) in [4.78, 5) is 2.44. The van der Waals surface area contributed by atoms with Gasteiger partial charge in [-0.1, -0.05) is 48.9 Å². The molecule has 3 rings (SSSR count). The summed E-state index contributed by atoms with van der Waals surface area (Å²) in [6.45, 7) is 10.3. The predicted molar refractivity (Wildman–Crippen MR) is 102 cm³/mol. The van der Waals surface area contributed by atoms with Crippen molar-refractivity contribution in [3.05, 3.63) is 61.2 Å². The van der Waals surface area contributed by atoms with Gasteiger partial charge in [0, 0.05) is 32.0 Å². The van der Waals surface area contributed by atoms with Crippen LogP contribution in [0.4, 0.5) is 0 Å². The Hall–Kier alpha value is -1.42. The van der Waals surface area contributed by atoms with E-state index in [2.05, 4.69) is 48.4 Å². The zero-order valence-corrected chi connectivity index (χ0v) is 15.2. The lowest BCUT2D eigenvalue weighted by atomic mass is 9.94. The van der Waals surface area contributed by atoms with E-state index in [1.165, 1.54) is 24.8 Å². The van der Waals surface area contributed by atoms with Crippen molar-refractivity contribution in [2.45, 2.75) is 63.0 Å². The Bertz CT molecular complexity index is 550. The highest BCUT2D eigenvalue weighted by molar-refractivity contribution is 5.15. The van der Waals surface area contributed by atoms with Gasteiger partial charge in [0.1, 0.15) is 6.10 Å². The first-order valence-electron chi connectivity index (χ1n) is 9.58. The normalized spacial score (nSPS) is 23.6. The van der Waals surface area contributed by atoms with Gasteiger partial charge >= 0.3 is 0 Å². The lowest BCUT2D eigenvalue weighted by molar-refractivity contribution is -0.192. The number of benzene rings is 1. The summed E-state index contributed by atoms with van der Waals surface area (Å²) < 4.78 is 12.7. The molecule has 1 heterocycles. The third-order valence-corrected chi connectivity index (χ3v) is 5.39. The molecule has 1 saturated heterocycles. The number of hydrogen-bond acceptors (Lipinski definition) is 3. The smallest absolute Gasteiger partial charge is 0.168 e. The lowest BCUT2D eigenvalue weighted by Crippen LogP contribution is -2.45. The van der Waals surface area contributed by atoms with Crippen LogP contribution in [0.3, 0.4) is 0 Å². The predicted octanol–water partition coefficient (Wildman–Crippen LogP) is 4.70. The minimum Gasteiger partial charge on any atom is -0.347 e. The van der Waals surface area contributed by atoms with Gasteiger partial charge in [0.05, 0.1) is 6.61 Å². The van der Waals surface area contributed by atoms with Crippen LogP contribution in [0.5, 0.6) is 0 Å². The van der Waals surface area contributed by atoms with E-state index in [0.717, 1.165) is 32.4 Å². The second kappa shape index (κ2) is 8.79. The van der Waals surface area contributed by atoms with E-state index in [9.17, 15) is 0 Å². The summed E-state index contributed by atoms with van der Waals surface area (Å²) in [5.41, 5.74) is 1.31. The van der Waals surface area contributed by atoms with Gasteiger partial charge in [0.25, 0.3) is 0 Å². The molecule has 1 saturated carbocycles. The van der Waals surface area contributed by atoms with E-state index < -0.39 is 0 Å². The molecular weight excluding hydrogens is 310 g/mol. The standard InChI is InChI=1S/C22H31NO2/c1-3-11-20(21-18-24-22(25-21)14-9-6-10-15-22)23(16-4-2)17-19-12-7-5-8-13-19/h3-5,7-8,12-13,20-21H,1-2,6,9-11,14-18H2/t20-,21-/m1/s1. The Kier molecular flexibility index (Phi) is 6.46. The van der Waals surface area contributed by atoms with Crippen LogP contribution in [-0.4, -0.2) is 36.0 Å². The van der Waals surface area contributed by atoms with Crippen LogP contribution in [0.25, 0.3) is 0 Å². The van der Waals surface area contributed by atoms with E-state index in [1.54, 1.807) is 0 Å². The Labute approximate surface area is 152 Å². The Morgan fingerprint density at radius 1 is 1.12 bits per heavy atom. The van der Waals surface area contributed by atoms with Crippen LogP contribution < -0.4 is 0 Å². The van der Waals surface area contributed by atoms with Crippen molar-refractivity contribution in [1.29, 1.82) is 0 Å². The first-order chi connectivity index (χ1) is 12.3. The van der Waals surface area contributed by atoms with Crippen molar-refractivity contribution in [3.8, 4) is 0 Å². The molecule has 0 radical (unpaired) electrons. The average Bonchev–Trinajstić information content (AvgIpc) is 3.04. The fraction of sp³-hybridized carbons (Fsp3) is 0.545. The summed E-state index contributed by atoms with van der Waals surface area (Å²) in [7, 11) is 0. The molecule has 0 amide bonds. The average molecular weight is 341 g/mol. The van der Waals surface area contributed by atoms with Gasteiger partial charge in [-0.25, -0.2) is 0 Å². The number of ether oxygens (including phenoxy) is 2. The highest BCUT2D eigenvalue weighted by Crippen LogP contribution is 2.39. The van der Waals surface area contributed by atoms with Crippen LogP contribution in [0.1, 0.15) is 44.1 Å². The van der Waals surface area contributed by atoms with Crippen LogP contribution >= 0.6 is 0 Å². The second-order valence-corrected chi connectivity index (χ2v) is 7.23. The molecule has 1 aliphatic carbocycles. The van der Waals surface area contributed by atoms with Crippen molar-refractivity contribution in [1.82, 2.24) is 4.90 Å². The topological polar surface area (TPSA) is 21.7 Å². The van der Waals surface area contributed by atoms with Crippen molar-refractivity contribution in [2.24, 2.45) is 0 Å². The molecule has 3 heteroatoms. The summed E-state index contributed by atoms with van der Waals surface area (Å²) in [5.74, 6) is -0.324. The van der Waals surface area contributed by atoms with Crippen LogP contribution in [0, 0.1) is 0 Å². The summed E-state index contributed by atoms with van der Waals surface area (Å²) in [5, 5.41) is 0. The molecular formula is C22H31NO2. The second-order valence-electron chi connectivity index (χ2n) is 7.23. The minimum absolute atomic E-state index is 0.0970. The Morgan fingerprint density at radius 2 is 1.88 bits per heavy atom. The minimum atomic E-state index is -0.324. The number of hydrogen-bond donors (Lipinski definition) is 0. The SMILES string of the molecule is C=CC[C@H]([C@H]1COC2(CCCCC2)O1)N(CC=C)Cc1ccccc1. The van der Waals surface area contributed by atoms with E-state index in [1.807, 2.05) is 12.2 Å².